The predicted molar refractivity (Wildman–Crippen MR) is 115 cm³/mol. The minimum atomic E-state index is -0.289. The van der Waals surface area contributed by atoms with Crippen molar-refractivity contribution in [3.63, 3.8) is 0 Å². The van der Waals surface area contributed by atoms with Crippen molar-refractivity contribution >= 4 is 17.4 Å². The van der Waals surface area contributed by atoms with Gasteiger partial charge in [0.25, 0.3) is 0 Å². The van der Waals surface area contributed by atoms with Crippen molar-refractivity contribution in [2.45, 2.75) is 38.6 Å². The smallest absolute Gasteiger partial charge is 0.338 e. The largest absolute Gasteiger partial charge is 0.462 e. The van der Waals surface area contributed by atoms with Crippen LogP contribution in [0.4, 0.5) is 5.69 Å². The summed E-state index contributed by atoms with van der Waals surface area (Å²) < 4.78 is 5.12. The van der Waals surface area contributed by atoms with Crippen LogP contribution in [0.25, 0.3) is 0 Å². The average molecular weight is 384 g/mol. The fourth-order valence-electron chi connectivity index (χ4n) is 4.14. The molecule has 0 atom stereocenters. The standard InChI is InChI=1S/C25H24N2O2/c1-2-29-25(28)18-13-11-17(12-14-18)24-20-7-3-5-9-22(20)27(19-15-16-19)23-10-6-4-8-21(23)26-24/h3-5,7-9,11-14,19H,2,6,10,15-16H2,1H3. The van der Waals surface area contributed by atoms with Crippen LogP contribution in [-0.2, 0) is 4.74 Å². The number of anilines is 1. The summed E-state index contributed by atoms with van der Waals surface area (Å²) in [5.41, 5.74) is 7.31. The third-order valence-electron chi connectivity index (χ3n) is 5.64. The third kappa shape index (κ3) is 3.29. The van der Waals surface area contributed by atoms with Crippen LogP contribution < -0.4 is 4.90 Å². The molecule has 0 spiro atoms. The number of ether oxygens (including phenoxy) is 1. The fourth-order valence-corrected chi connectivity index (χ4v) is 4.14. The lowest BCUT2D eigenvalue weighted by molar-refractivity contribution is 0.0526. The Kier molecular flexibility index (Phi) is 4.55. The number of esters is 1. The molecule has 0 saturated heterocycles. The van der Waals surface area contributed by atoms with E-state index in [-0.39, 0.29) is 5.97 Å². The van der Waals surface area contributed by atoms with Crippen molar-refractivity contribution in [2.75, 3.05) is 11.5 Å². The van der Waals surface area contributed by atoms with Gasteiger partial charge in [-0.25, -0.2) is 9.79 Å². The second-order valence-corrected chi connectivity index (χ2v) is 7.65. The lowest BCUT2D eigenvalue weighted by Crippen LogP contribution is -2.27. The highest BCUT2D eigenvalue weighted by Crippen LogP contribution is 2.42. The molecule has 3 aliphatic rings. The van der Waals surface area contributed by atoms with Crippen LogP contribution in [0, 0.1) is 0 Å². The molecule has 0 radical (unpaired) electrons. The maximum Gasteiger partial charge on any atom is 0.338 e. The van der Waals surface area contributed by atoms with E-state index in [4.69, 9.17) is 9.73 Å². The number of hydrogen-bond acceptors (Lipinski definition) is 4. The van der Waals surface area contributed by atoms with E-state index in [1.54, 1.807) is 0 Å². The first-order valence-corrected chi connectivity index (χ1v) is 10.4. The topological polar surface area (TPSA) is 41.9 Å². The first kappa shape index (κ1) is 17.9. The zero-order chi connectivity index (χ0) is 19.8. The fraction of sp³-hybridized carbons (Fsp3) is 0.280. The van der Waals surface area contributed by atoms with Crippen LogP contribution in [0.3, 0.4) is 0 Å². The van der Waals surface area contributed by atoms with Gasteiger partial charge in [0, 0.05) is 22.9 Å². The molecule has 0 amide bonds. The monoisotopic (exact) mass is 384 g/mol. The second-order valence-electron chi connectivity index (χ2n) is 7.65. The molecule has 5 rings (SSSR count). The summed E-state index contributed by atoms with van der Waals surface area (Å²) in [6, 6.07) is 16.7. The Bertz CT molecular complexity index is 1040. The Morgan fingerprint density at radius 1 is 1.14 bits per heavy atom. The Hall–Kier alpha value is -3.14. The molecular formula is C25H24N2O2. The van der Waals surface area contributed by atoms with Gasteiger partial charge >= 0.3 is 5.97 Å². The first-order valence-electron chi connectivity index (χ1n) is 10.4. The van der Waals surface area contributed by atoms with Crippen molar-refractivity contribution in [2.24, 2.45) is 4.99 Å². The summed E-state index contributed by atoms with van der Waals surface area (Å²) in [6.07, 6.45) is 8.92. The van der Waals surface area contributed by atoms with Gasteiger partial charge in [0.15, 0.2) is 0 Å². The van der Waals surface area contributed by atoms with Crippen molar-refractivity contribution in [1.29, 1.82) is 0 Å². The number of nitrogens with zero attached hydrogens (tertiary/aromatic N) is 2. The number of carbonyl (C=O) groups is 1. The number of hydrogen-bond donors (Lipinski definition) is 0. The number of allylic oxidation sites excluding steroid dienone is 3. The van der Waals surface area contributed by atoms with Gasteiger partial charge in [0.2, 0.25) is 0 Å². The van der Waals surface area contributed by atoms with E-state index in [0.717, 1.165) is 35.4 Å². The Morgan fingerprint density at radius 2 is 1.93 bits per heavy atom. The Morgan fingerprint density at radius 3 is 2.69 bits per heavy atom. The van der Waals surface area contributed by atoms with Crippen LogP contribution in [0.1, 0.15) is 54.1 Å². The van der Waals surface area contributed by atoms with E-state index in [2.05, 4.69) is 41.3 Å². The zero-order valence-electron chi connectivity index (χ0n) is 16.6. The number of para-hydroxylation sites is 1. The van der Waals surface area contributed by atoms with Crippen molar-refractivity contribution < 1.29 is 9.53 Å². The van der Waals surface area contributed by atoms with Crippen molar-refractivity contribution in [1.82, 2.24) is 0 Å². The highest BCUT2D eigenvalue weighted by Gasteiger charge is 2.36. The quantitative estimate of drug-likeness (QED) is 0.677. The number of benzene rings is 2. The second kappa shape index (κ2) is 7.36. The molecule has 0 unspecified atom stereocenters. The minimum absolute atomic E-state index is 0.289. The summed E-state index contributed by atoms with van der Waals surface area (Å²) in [7, 11) is 0. The van der Waals surface area contributed by atoms with Crippen LogP contribution in [0.5, 0.6) is 0 Å². The van der Waals surface area contributed by atoms with E-state index < -0.39 is 0 Å². The predicted octanol–water partition coefficient (Wildman–Crippen LogP) is 5.24. The highest BCUT2D eigenvalue weighted by molar-refractivity contribution is 6.17. The van der Waals surface area contributed by atoms with E-state index in [0.29, 0.717) is 18.2 Å². The summed E-state index contributed by atoms with van der Waals surface area (Å²) in [5, 5.41) is 0. The number of fused-ring (bicyclic) bond motifs is 1. The van der Waals surface area contributed by atoms with E-state index >= 15 is 0 Å². The molecule has 2 aromatic rings. The molecule has 2 aromatic carbocycles. The molecule has 2 aliphatic carbocycles. The van der Waals surface area contributed by atoms with Gasteiger partial charge in [0.05, 0.1) is 29.3 Å². The van der Waals surface area contributed by atoms with Crippen molar-refractivity contribution in [3.05, 3.63) is 88.8 Å². The molecule has 146 valence electrons. The molecule has 29 heavy (non-hydrogen) atoms. The molecule has 4 nitrogen and oxygen atoms in total. The number of rotatable bonds is 4. The molecule has 0 bridgehead atoms. The van der Waals surface area contributed by atoms with E-state index in [1.807, 2.05) is 31.2 Å². The van der Waals surface area contributed by atoms with Gasteiger partial charge in [0.1, 0.15) is 0 Å². The van der Waals surface area contributed by atoms with Gasteiger partial charge in [-0.05, 0) is 56.9 Å². The van der Waals surface area contributed by atoms with Gasteiger partial charge in [-0.2, -0.15) is 0 Å². The van der Waals surface area contributed by atoms with E-state index in [1.165, 1.54) is 24.2 Å². The maximum absolute atomic E-state index is 12.0. The lowest BCUT2D eigenvalue weighted by Gasteiger charge is -2.29. The van der Waals surface area contributed by atoms with Crippen LogP contribution in [0.2, 0.25) is 0 Å². The molecule has 0 aromatic heterocycles. The zero-order valence-corrected chi connectivity index (χ0v) is 16.6. The molecule has 0 N–H and O–H groups in total. The van der Waals surface area contributed by atoms with Gasteiger partial charge in [-0.3, -0.25) is 0 Å². The van der Waals surface area contributed by atoms with Crippen molar-refractivity contribution in [3.8, 4) is 0 Å². The Balaban J connectivity index is 1.63. The van der Waals surface area contributed by atoms with E-state index in [9.17, 15) is 4.79 Å². The highest BCUT2D eigenvalue weighted by atomic mass is 16.5. The SMILES string of the molecule is CCOC(=O)c1ccc(C2=NC3=C(CCC=C3)N(C3CC3)c3ccccc32)cc1. The summed E-state index contributed by atoms with van der Waals surface area (Å²) in [6.45, 7) is 2.19. The van der Waals surface area contributed by atoms with Gasteiger partial charge in [-0.1, -0.05) is 36.4 Å². The molecule has 1 fully saturated rings. The molecular weight excluding hydrogens is 360 g/mol. The normalized spacial score (nSPS) is 18.0. The van der Waals surface area contributed by atoms with Crippen LogP contribution >= 0.6 is 0 Å². The molecule has 4 heteroatoms. The molecule has 1 heterocycles. The van der Waals surface area contributed by atoms with Crippen LogP contribution in [0.15, 0.2) is 77.1 Å². The molecule has 1 saturated carbocycles. The average Bonchev–Trinajstić information content (AvgIpc) is 3.59. The lowest BCUT2D eigenvalue weighted by atomic mass is 9.99. The Labute approximate surface area is 171 Å². The molecule has 1 aliphatic heterocycles. The summed E-state index contributed by atoms with van der Waals surface area (Å²) in [5.74, 6) is -0.289. The van der Waals surface area contributed by atoms with Gasteiger partial charge < -0.3 is 9.64 Å². The maximum atomic E-state index is 12.0. The summed E-state index contributed by atoms with van der Waals surface area (Å²) >= 11 is 0. The van der Waals surface area contributed by atoms with Gasteiger partial charge in [-0.15, -0.1) is 0 Å². The number of carbonyl (C=O) groups excluding carboxylic acids is 1. The third-order valence-corrected chi connectivity index (χ3v) is 5.64. The number of aliphatic imine (C=N–C) groups is 1. The van der Waals surface area contributed by atoms with Crippen LogP contribution in [-0.4, -0.2) is 24.3 Å². The minimum Gasteiger partial charge on any atom is -0.462 e. The first-order chi connectivity index (χ1) is 14.3. The summed E-state index contributed by atoms with van der Waals surface area (Å²) in [4.78, 5) is 19.7.